The highest BCUT2D eigenvalue weighted by Crippen LogP contribution is 2.39. The molecule has 1 N–H and O–H groups in total. The number of anilines is 6. The van der Waals surface area contributed by atoms with Crippen LogP contribution in [0, 0.1) is 0 Å². The average Bonchev–Trinajstić information content (AvgIpc) is 3.14. The summed E-state index contributed by atoms with van der Waals surface area (Å²) in [7, 11) is 0. The molecule has 1 unspecified atom stereocenters. The van der Waals surface area contributed by atoms with Crippen molar-refractivity contribution in [2.75, 3.05) is 9.80 Å². The summed E-state index contributed by atoms with van der Waals surface area (Å²) in [4.78, 5) is 16.2. The van der Waals surface area contributed by atoms with Crippen LogP contribution in [0.5, 0.6) is 11.5 Å². The first-order chi connectivity index (χ1) is 23.5. The molecule has 0 aliphatic rings. The van der Waals surface area contributed by atoms with Crippen LogP contribution >= 0.6 is 0 Å². The second kappa shape index (κ2) is 14.8. The van der Waals surface area contributed by atoms with Gasteiger partial charge in [0.05, 0.1) is 0 Å². The molecule has 0 spiro atoms. The van der Waals surface area contributed by atoms with E-state index >= 15 is 0 Å². The van der Waals surface area contributed by atoms with Gasteiger partial charge in [-0.25, -0.2) is 4.79 Å². The van der Waals surface area contributed by atoms with Crippen LogP contribution in [0.4, 0.5) is 34.1 Å². The third kappa shape index (κ3) is 7.36. The number of rotatable bonds is 12. The minimum absolute atomic E-state index is 0.383. The largest absolute Gasteiger partial charge is 0.461 e. The quantitative estimate of drug-likeness (QED) is 0.0477. The van der Waals surface area contributed by atoms with Crippen LogP contribution in [0.25, 0.3) is 11.1 Å². The maximum Gasteiger partial charge on any atom is 0.335 e. The number of carbonyl (C=O) groups excluding carboxylic acids is 1. The molecule has 6 aromatic carbocycles. The number of carbonyl (C=O) groups is 1. The molecule has 48 heavy (non-hydrogen) atoms. The molecule has 0 radical (unpaired) electrons. The number of ether oxygens (including phenoxy) is 2. The molecule has 236 valence electrons. The van der Waals surface area contributed by atoms with Gasteiger partial charge in [-0.3, -0.25) is 0 Å². The van der Waals surface area contributed by atoms with E-state index in [0.29, 0.717) is 11.5 Å². The van der Waals surface area contributed by atoms with Gasteiger partial charge in [0, 0.05) is 52.3 Å². The van der Waals surface area contributed by atoms with Crippen LogP contribution < -0.4 is 19.3 Å². The Hall–Kier alpha value is -6.37. The zero-order valence-corrected chi connectivity index (χ0v) is 26.2. The summed E-state index contributed by atoms with van der Waals surface area (Å²) in [5.41, 5.74) is 7.74. The normalized spacial score (nSPS) is 11.2. The summed E-state index contributed by atoms with van der Waals surface area (Å²) in [5, 5.41) is 10.0. The van der Waals surface area contributed by atoms with E-state index in [1.807, 2.05) is 83.8 Å². The smallest absolute Gasteiger partial charge is 0.335 e. The Morgan fingerprint density at radius 2 is 0.958 bits per heavy atom. The van der Waals surface area contributed by atoms with Crippen LogP contribution in [-0.2, 0) is 4.79 Å². The molecule has 6 rings (SSSR count). The van der Waals surface area contributed by atoms with Gasteiger partial charge in [-0.05, 0) is 90.0 Å². The Morgan fingerprint density at radius 1 is 0.542 bits per heavy atom. The van der Waals surface area contributed by atoms with E-state index in [1.165, 1.54) is 6.08 Å². The monoisotopic (exact) mass is 630 g/mol. The maximum absolute atomic E-state index is 11.9. The minimum atomic E-state index is -1.14. The summed E-state index contributed by atoms with van der Waals surface area (Å²) in [6.45, 7) is 7.08. The van der Waals surface area contributed by atoms with Gasteiger partial charge in [0.1, 0.15) is 11.5 Å². The van der Waals surface area contributed by atoms with E-state index < -0.39 is 12.3 Å². The first-order valence-corrected chi connectivity index (χ1v) is 15.4. The third-order valence-corrected chi connectivity index (χ3v) is 7.61. The molecule has 1 atom stereocenters. The van der Waals surface area contributed by atoms with Crippen molar-refractivity contribution in [2.45, 2.75) is 6.29 Å². The van der Waals surface area contributed by atoms with Crippen LogP contribution in [0.3, 0.4) is 0 Å². The van der Waals surface area contributed by atoms with E-state index in [4.69, 9.17) is 9.47 Å². The highest BCUT2D eigenvalue weighted by Gasteiger charge is 2.16. The summed E-state index contributed by atoms with van der Waals surface area (Å²) in [5.74, 6) is 0.308. The summed E-state index contributed by atoms with van der Waals surface area (Å²) in [6.07, 6.45) is 1.30. The Balaban J connectivity index is 1.33. The Kier molecular flexibility index (Phi) is 9.75. The van der Waals surface area contributed by atoms with E-state index in [0.717, 1.165) is 51.3 Å². The number of nitrogens with zero attached hydrogens (tertiary/aromatic N) is 2. The molecule has 0 saturated carbocycles. The number of para-hydroxylation sites is 2. The lowest BCUT2D eigenvalue weighted by Gasteiger charge is -2.27. The molecular weight excluding hydrogens is 596 g/mol. The molecule has 0 aromatic heterocycles. The molecule has 6 heteroatoms. The topological polar surface area (TPSA) is 62.2 Å². The molecular formula is C42H34N2O4. The lowest BCUT2D eigenvalue weighted by Crippen LogP contribution is -2.13. The summed E-state index contributed by atoms with van der Waals surface area (Å²) >= 11 is 0. The van der Waals surface area contributed by atoms with Gasteiger partial charge in [0.25, 0.3) is 0 Å². The van der Waals surface area contributed by atoms with E-state index in [9.17, 15) is 9.90 Å². The third-order valence-electron chi connectivity index (χ3n) is 7.61. The van der Waals surface area contributed by atoms with Gasteiger partial charge >= 0.3 is 5.97 Å². The Morgan fingerprint density at radius 3 is 1.44 bits per heavy atom. The lowest BCUT2D eigenvalue weighted by molar-refractivity contribution is -0.128. The summed E-state index contributed by atoms with van der Waals surface area (Å²) in [6, 6.07) is 52.0. The van der Waals surface area contributed by atoms with Crippen LogP contribution in [0.1, 0.15) is 0 Å². The van der Waals surface area contributed by atoms with Crippen molar-refractivity contribution in [2.24, 2.45) is 0 Å². The van der Waals surface area contributed by atoms with Crippen molar-refractivity contribution in [1.82, 2.24) is 0 Å². The fraction of sp³-hybridized carbons (Fsp3) is 0.0238. The van der Waals surface area contributed by atoms with Crippen molar-refractivity contribution in [3.05, 3.63) is 183 Å². The van der Waals surface area contributed by atoms with Gasteiger partial charge in [-0.2, -0.15) is 0 Å². The van der Waals surface area contributed by atoms with Crippen molar-refractivity contribution in [3.8, 4) is 22.6 Å². The zero-order valence-electron chi connectivity index (χ0n) is 26.2. The number of hydrogen-bond donors (Lipinski definition) is 1. The molecule has 0 saturated heterocycles. The molecule has 6 aromatic rings. The van der Waals surface area contributed by atoms with Crippen molar-refractivity contribution < 1.29 is 19.4 Å². The predicted molar refractivity (Wildman–Crippen MR) is 194 cm³/mol. The molecule has 0 bridgehead atoms. The predicted octanol–water partition coefficient (Wildman–Crippen LogP) is 10.3. The van der Waals surface area contributed by atoms with Crippen molar-refractivity contribution in [3.63, 3.8) is 0 Å². The van der Waals surface area contributed by atoms with Crippen LogP contribution in [-0.4, -0.2) is 17.4 Å². The SMILES string of the molecule is C=CC(=O)Oc1cccc(N(c2ccc(-c3ccc(N(c4ccccc4)c4ccccc4)cc3)cc2)c2cccc(OC(O)C=C)c2)c1. The van der Waals surface area contributed by atoms with Gasteiger partial charge < -0.3 is 24.4 Å². The fourth-order valence-corrected chi connectivity index (χ4v) is 5.38. The Bertz CT molecular complexity index is 1950. The molecule has 0 aliphatic heterocycles. The van der Waals surface area contributed by atoms with Gasteiger partial charge in [-0.15, -0.1) is 0 Å². The molecule has 6 nitrogen and oxygen atoms in total. The first-order valence-electron chi connectivity index (χ1n) is 15.4. The summed E-state index contributed by atoms with van der Waals surface area (Å²) < 4.78 is 11.0. The number of esters is 1. The van der Waals surface area contributed by atoms with Crippen molar-refractivity contribution >= 4 is 40.1 Å². The lowest BCUT2D eigenvalue weighted by atomic mass is 10.0. The van der Waals surface area contributed by atoms with Gasteiger partial charge in [0.15, 0.2) is 0 Å². The second-order valence-corrected chi connectivity index (χ2v) is 10.8. The Labute approximate surface area is 280 Å². The molecule has 0 aliphatic carbocycles. The van der Waals surface area contributed by atoms with E-state index in [-0.39, 0.29) is 0 Å². The second-order valence-electron chi connectivity index (χ2n) is 10.8. The molecule has 0 heterocycles. The van der Waals surface area contributed by atoms with Crippen LogP contribution in [0.2, 0.25) is 0 Å². The fourth-order valence-electron chi connectivity index (χ4n) is 5.38. The zero-order chi connectivity index (χ0) is 33.3. The molecule has 0 amide bonds. The number of hydrogen-bond acceptors (Lipinski definition) is 6. The maximum atomic E-state index is 11.9. The van der Waals surface area contributed by atoms with E-state index in [2.05, 4.69) is 78.7 Å². The van der Waals surface area contributed by atoms with Gasteiger partial charge in [-0.1, -0.05) is 86.0 Å². The first kappa shape index (κ1) is 31.6. The molecule has 0 fully saturated rings. The van der Waals surface area contributed by atoms with Crippen molar-refractivity contribution in [1.29, 1.82) is 0 Å². The standard InChI is InChI=1S/C42H34N2O4/c1-3-41(45)47-39-19-11-17-37(29-39)44(38-18-12-20-40(30-38)48-42(46)4-2)36-27-23-32(24-28-36)31-21-25-35(26-22-31)43(33-13-7-5-8-14-33)34-15-9-6-10-16-34/h3-30,41,45H,1-2H2. The highest BCUT2D eigenvalue weighted by molar-refractivity contribution is 5.85. The van der Waals surface area contributed by atoms with Crippen LogP contribution in [0.15, 0.2) is 183 Å². The minimum Gasteiger partial charge on any atom is -0.461 e. The van der Waals surface area contributed by atoms with Gasteiger partial charge in [0.2, 0.25) is 6.29 Å². The number of aliphatic hydroxyl groups excluding tert-OH is 1. The number of benzene rings is 6. The highest BCUT2D eigenvalue weighted by atomic mass is 16.6. The average molecular weight is 631 g/mol. The van der Waals surface area contributed by atoms with E-state index in [1.54, 1.807) is 18.2 Å². The number of aliphatic hydroxyl groups is 1.